The van der Waals surface area contributed by atoms with Gasteiger partial charge >= 0.3 is 0 Å². The van der Waals surface area contributed by atoms with Gasteiger partial charge < -0.3 is 5.73 Å². The van der Waals surface area contributed by atoms with Crippen LogP contribution in [0.4, 0.5) is 0 Å². The summed E-state index contributed by atoms with van der Waals surface area (Å²) in [7, 11) is 0. The minimum Gasteiger partial charge on any atom is -0.330 e. The zero-order valence-corrected chi connectivity index (χ0v) is 8.48. The average molecular weight is 155 g/mol. The molecular formula is C9H22BN. The molecule has 0 unspecified atom stereocenters. The Balaban J connectivity index is 4.07. The predicted octanol–water partition coefficient (Wildman–Crippen LogP) is 2.65. The van der Waals surface area contributed by atoms with Crippen LogP contribution in [0.1, 0.15) is 33.6 Å². The third kappa shape index (κ3) is 2.86. The van der Waals surface area contributed by atoms with Crippen LogP contribution < -0.4 is 5.73 Å². The molecule has 0 aliphatic carbocycles. The fraction of sp³-hybridized carbons (Fsp3) is 1.00. The highest BCUT2D eigenvalue weighted by atomic mass is 14.5. The van der Waals surface area contributed by atoms with E-state index in [0.717, 1.165) is 13.3 Å². The van der Waals surface area contributed by atoms with Crippen LogP contribution in [0, 0.1) is 0 Å². The van der Waals surface area contributed by atoms with Gasteiger partial charge in [-0.05, 0) is 13.0 Å². The number of hydrogen-bond acceptors (Lipinski definition) is 1. The molecule has 0 heterocycles. The first kappa shape index (κ1) is 11.0. The van der Waals surface area contributed by atoms with Crippen LogP contribution in [0.25, 0.3) is 0 Å². The van der Waals surface area contributed by atoms with Crippen LogP contribution in [0.15, 0.2) is 0 Å². The largest absolute Gasteiger partial charge is 0.330 e. The second-order valence-electron chi connectivity index (χ2n) is 3.86. The highest BCUT2D eigenvalue weighted by Gasteiger charge is 2.29. The van der Waals surface area contributed by atoms with Crippen LogP contribution >= 0.6 is 0 Å². The first-order chi connectivity index (χ1) is 5.10. The van der Waals surface area contributed by atoms with E-state index >= 15 is 0 Å². The Morgan fingerprint density at radius 3 is 2.18 bits per heavy atom. The normalized spacial score (nSPS) is 16.1. The molecule has 1 nitrogen and oxygen atoms in total. The minimum atomic E-state index is 0.476. The molecule has 0 amide bonds. The lowest BCUT2D eigenvalue weighted by Crippen LogP contribution is -2.28. The minimum absolute atomic E-state index is 0.476. The van der Waals surface area contributed by atoms with Gasteiger partial charge in [0.15, 0.2) is 0 Å². The molecule has 0 aromatic heterocycles. The summed E-state index contributed by atoms with van der Waals surface area (Å²) in [6.07, 6.45) is 3.68. The van der Waals surface area contributed by atoms with Crippen LogP contribution in [-0.4, -0.2) is 13.3 Å². The summed E-state index contributed by atoms with van der Waals surface area (Å²) in [4.78, 5) is 0. The Kier molecular flexibility index (Phi) is 4.82. The van der Waals surface area contributed by atoms with E-state index in [0.29, 0.717) is 5.31 Å². The quantitative estimate of drug-likeness (QED) is 0.607. The zero-order chi connectivity index (χ0) is 8.91. The van der Waals surface area contributed by atoms with Gasteiger partial charge in [-0.15, -0.1) is 0 Å². The van der Waals surface area contributed by atoms with Crippen molar-refractivity contribution in [3.05, 3.63) is 0 Å². The molecule has 0 rings (SSSR count). The summed E-state index contributed by atoms with van der Waals surface area (Å²) < 4.78 is 0. The number of rotatable bonds is 5. The van der Waals surface area contributed by atoms with Gasteiger partial charge in [0, 0.05) is 0 Å². The van der Waals surface area contributed by atoms with Gasteiger partial charge in [0.2, 0.25) is 0 Å². The van der Waals surface area contributed by atoms with Crippen molar-refractivity contribution >= 4 is 6.71 Å². The van der Waals surface area contributed by atoms with Crippen LogP contribution in [0.3, 0.4) is 0 Å². The lowest BCUT2D eigenvalue weighted by Gasteiger charge is -2.32. The highest BCUT2D eigenvalue weighted by molar-refractivity contribution is 6.60. The van der Waals surface area contributed by atoms with Crippen LogP contribution in [0.2, 0.25) is 18.5 Å². The Hall–Kier alpha value is 0.0249. The maximum absolute atomic E-state index is 5.58. The molecule has 0 aromatic rings. The second kappa shape index (κ2) is 4.81. The third-order valence-electron chi connectivity index (χ3n) is 3.33. The molecule has 0 fully saturated rings. The van der Waals surface area contributed by atoms with Crippen molar-refractivity contribution in [3.63, 3.8) is 0 Å². The lowest BCUT2D eigenvalue weighted by atomic mass is 9.32. The molecule has 1 atom stereocenters. The molecular weight excluding hydrogens is 133 g/mol. The molecule has 2 N–H and O–H groups in total. The van der Waals surface area contributed by atoms with E-state index in [4.69, 9.17) is 5.73 Å². The van der Waals surface area contributed by atoms with Gasteiger partial charge in [-0.3, -0.25) is 0 Å². The van der Waals surface area contributed by atoms with Crippen molar-refractivity contribution in [2.75, 3.05) is 6.54 Å². The maximum atomic E-state index is 5.58. The lowest BCUT2D eigenvalue weighted by molar-refractivity contribution is 0.532. The van der Waals surface area contributed by atoms with Gasteiger partial charge in [-0.2, -0.15) is 0 Å². The monoisotopic (exact) mass is 155 g/mol. The van der Waals surface area contributed by atoms with Crippen LogP contribution in [-0.2, 0) is 0 Å². The first-order valence-corrected chi connectivity index (χ1v) is 4.80. The van der Waals surface area contributed by atoms with E-state index in [9.17, 15) is 0 Å². The fourth-order valence-electron chi connectivity index (χ4n) is 1.59. The van der Waals surface area contributed by atoms with Gasteiger partial charge in [0.1, 0.15) is 6.71 Å². The topological polar surface area (TPSA) is 26.0 Å². The summed E-state index contributed by atoms with van der Waals surface area (Å²) in [5, 5.41) is 0.476. The third-order valence-corrected chi connectivity index (χ3v) is 3.33. The molecule has 0 aliphatic rings. The Morgan fingerprint density at radius 1 is 1.36 bits per heavy atom. The molecule has 0 aromatic carbocycles. The summed E-state index contributed by atoms with van der Waals surface area (Å²) in [6.45, 7) is 10.8. The Morgan fingerprint density at radius 2 is 1.91 bits per heavy atom. The van der Waals surface area contributed by atoms with Crippen molar-refractivity contribution < 1.29 is 0 Å². The zero-order valence-electron chi connectivity index (χ0n) is 8.48. The van der Waals surface area contributed by atoms with Crippen molar-refractivity contribution in [1.29, 1.82) is 0 Å². The fourth-order valence-corrected chi connectivity index (χ4v) is 1.59. The summed E-state index contributed by atoms with van der Waals surface area (Å²) in [5.41, 5.74) is 5.58. The molecule has 0 aliphatic heterocycles. The van der Waals surface area contributed by atoms with Gasteiger partial charge in [-0.25, -0.2) is 0 Å². The van der Waals surface area contributed by atoms with Gasteiger partial charge in [0.05, 0.1) is 0 Å². The van der Waals surface area contributed by atoms with Crippen molar-refractivity contribution in [3.8, 4) is 0 Å². The molecule has 11 heavy (non-hydrogen) atoms. The van der Waals surface area contributed by atoms with E-state index in [1.807, 2.05) is 0 Å². The summed E-state index contributed by atoms with van der Waals surface area (Å²) >= 11 is 0. The number of hydrogen-bond donors (Lipinski definition) is 1. The molecule has 0 bridgehead atoms. The van der Waals surface area contributed by atoms with Crippen molar-refractivity contribution in [2.45, 2.75) is 52.1 Å². The Bertz CT molecular complexity index is 106. The van der Waals surface area contributed by atoms with Gasteiger partial charge in [-0.1, -0.05) is 45.6 Å². The van der Waals surface area contributed by atoms with Crippen molar-refractivity contribution in [1.82, 2.24) is 0 Å². The Labute approximate surface area is 71.8 Å². The summed E-state index contributed by atoms with van der Waals surface area (Å²) in [5.74, 6) is 0. The maximum Gasteiger partial charge on any atom is 0.142 e. The standard InChI is InChI=1S/C9H22BN/c1-5-9(3,7-8-11)10(4)6-2/h5-8,11H2,1-4H3/t9-/m0/s1. The van der Waals surface area contributed by atoms with E-state index in [-0.39, 0.29) is 0 Å². The molecule has 0 spiro atoms. The van der Waals surface area contributed by atoms with Gasteiger partial charge in [0.25, 0.3) is 0 Å². The first-order valence-electron chi connectivity index (χ1n) is 4.80. The van der Waals surface area contributed by atoms with E-state index in [1.54, 1.807) is 0 Å². The van der Waals surface area contributed by atoms with E-state index < -0.39 is 0 Å². The number of nitrogens with two attached hydrogens (primary N) is 1. The predicted molar refractivity (Wildman–Crippen MR) is 54.4 cm³/mol. The smallest absolute Gasteiger partial charge is 0.142 e. The average Bonchev–Trinajstić information content (AvgIpc) is 2.03. The molecule has 0 radical (unpaired) electrons. The van der Waals surface area contributed by atoms with E-state index in [1.165, 1.54) is 19.2 Å². The molecule has 0 saturated heterocycles. The van der Waals surface area contributed by atoms with E-state index in [2.05, 4.69) is 27.6 Å². The molecule has 0 saturated carbocycles. The van der Waals surface area contributed by atoms with Crippen LogP contribution in [0.5, 0.6) is 0 Å². The summed E-state index contributed by atoms with van der Waals surface area (Å²) in [6, 6.07) is 0. The second-order valence-corrected chi connectivity index (χ2v) is 3.86. The molecule has 66 valence electrons. The highest BCUT2D eigenvalue weighted by Crippen LogP contribution is 2.38. The van der Waals surface area contributed by atoms with Crippen molar-refractivity contribution in [2.24, 2.45) is 5.73 Å². The SMILES string of the molecule is CCB(C)[C@@](C)(CC)CCN. The molecule has 2 heteroatoms.